The summed E-state index contributed by atoms with van der Waals surface area (Å²) in [7, 11) is 0. The minimum Gasteiger partial charge on any atom is -0.169 e. The first kappa shape index (κ1) is 15.7. The van der Waals surface area contributed by atoms with Crippen molar-refractivity contribution < 1.29 is 0 Å². The Labute approximate surface area is 61.5 Å². The van der Waals surface area contributed by atoms with E-state index in [9.17, 15) is 0 Å². The molecular formula is C3H8BCl2S. The van der Waals surface area contributed by atoms with Gasteiger partial charge >= 0.3 is 0 Å². The van der Waals surface area contributed by atoms with Gasteiger partial charge in [0, 0.05) is 8.41 Å². The van der Waals surface area contributed by atoms with Gasteiger partial charge in [-0.25, -0.2) is 0 Å². The van der Waals surface area contributed by atoms with Crippen LogP contribution in [0, 0.1) is 0 Å². The summed E-state index contributed by atoms with van der Waals surface area (Å²) in [6.45, 7) is 0. The molecule has 0 N–H and O–H groups in total. The number of hydrogen-bond donors (Lipinski definition) is 0. The van der Waals surface area contributed by atoms with Crippen molar-refractivity contribution in [3.8, 4) is 0 Å². The first-order valence-corrected chi connectivity index (χ1v) is 4.05. The van der Waals surface area contributed by atoms with Gasteiger partial charge in [0.15, 0.2) is 0 Å². The van der Waals surface area contributed by atoms with Gasteiger partial charge in [-0.15, -0.1) is 23.2 Å². The van der Waals surface area contributed by atoms with Gasteiger partial charge in [0.25, 0.3) is 0 Å². The van der Waals surface area contributed by atoms with Gasteiger partial charge in [0.1, 0.15) is 0 Å². The van der Waals surface area contributed by atoms with Crippen molar-refractivity contribution in [1.29, 1.82) is 0 Å². The fourth-order valence-corrected chi connectivity index (χ4v) is 0. The van der Waals surface area contributed by atoms with E-state index in [1.165, 1.54) is 0 Å². The largest absolute Gasteiger partial charge is 0.169 e. The molecular weight excluding hydrogens is 150 g/mol. The molecule has 0 atom stereocenters. The summed E-state index contributed by atoms with van der Waals surface area (Å²) in [6.07, 6.45) is 4.08. The highest BCUT2D eigenvalue weighted by Crippen LogP contribution is 1.73. The lowest BCUT2D eigenvalue weighted by molar-refractivity contribution is 2.20. The van der Waals surface area contributed by atoms with E-state index in [2.05, 4.69) is 0 Å². The standard InChI is InChI=1S/C2H6S.CH2Cl2.B/c1-3-2;2-1-3;/h1-2H3;1H2;. The van der Waals surface area contributed by atoms with Crippen LogP contribution in [0.1, 0.15) is 0 Å². The van der Waals surface area contributed by atoms with Crippen molar-refractivity contribution in [3.05, 3.63) is 0 Å². The third-order valence-corrected chi connectivity index (χ3v) is 0. The molecule has 0 rings (SSSR count). The molecule has 0 heterocycles. The number of halogens is 2. The third-order valence-electron chi connectivity index (χ3n) is 0. The third kappa shape index (κ3) is 176. The monoisotopic (exact) mass is 157 g/mol. The minimum absolute atomic E-state index is 0. The Hall–Kier alpha value is 0.995. The molecule has 0 spiro atoms. The molecule has 0 nitrogen and oxygen atoms in total. The van der Waals surface area contributed by atoms with Crippen LogP contribution in [0.3, 0.4) is 0 Å². The van der Waals surface area contributed by atoms with Gasteiger partial charge in [0.2, 0.25) is 0 Å². The van der Waals surface area contributed by atoms with Crippen molar-refractivity contribution in [2.75, 3.05) is 17.9 Å². The summed E-state index contributed by atoms with van der Waals surface area (Å²) < 4.78 is 0. The summed E-state index contributed by atoms with van der Waals surface area (Å²) in [5.41, 5.74) is 0. The van der Waals surface area contributed by atoms with E-state index in [-0.39, 0.29) is 13.8 Å². The van der Waals surface area contributed by atoms with Crippen LogP contribution in [0.5, 0.6) is 0 Å². The molecule has 0 saturated heterocycles. The summed E-state index contributed by atoms with van der Waals surface area (Å²) >= 11 is 11.3. The highest BCUT2D eigenvalue weighted by molar-refractivity contribution is 7.97. The van der Waals surface area contributed by atoms with Gasteiger partial charge in [-0.05, 0) is 12.5 Å². The van der Waals surface area contributed by atoms with Crippen molar-refractivity contribution >= 4 is 43.4 Å². The zero-order valence-corrected chi connectivity index (χ0v) is 6.78. The maximum atomic E-state index is 4.76. The Morgan fingerprint density at radius 2 is 1.29 bits per heavy atom. The van der Waals surface area contributed by atoms with Gasteiger partial charge in [-0.1, -0.05) is 0 Å². The predicted octanol–water partition coefficient (Wildman–Crippen LogP) is 2.02. The average molecular weight is 158 g/mol. The van der Waals surface area contributed by atoms with Crippen LogP contribution in [-0.4, -0.2) is 26.3 Å². The number of alkyl halides is 2. The maximum Gasteiger partial charge on any atom is 0.0967 e. The van der Waals surface area contributed by atoms with Crippen molar-refractivity contribution in [2.45, 2.75) is 0 Å². The summed E-state index contributed by atoms with van der Waals surface area (Å²) in [4.78, 5) is 0. The van der Waals surface area contributed by atoms with E-state index in [0.717, 1.165) is 0 Å². The van der Waals surface area contributed by atoms with Crippen LogP contribution in [0.4, 0.5) is 0 Å². The molecule has 0 saturated carbocycles. The lowest BCUT2D eigenvalue weighted by atomic mass is 10.8. The highest BCUT2D eigenvalue weighted by atomic mass is 35.5. The Morgan fingerprint density at radius 3 is 1.29 bits per heavy atom. The quantitative estimate of drug-likeness (QED) is 0.383. The summed E-state index contributed by atoms with van der Waals surface area (Å²) in [6, 6.07) is 0. The Morgan fingerprint density at radius 1 is 1.29 bits per heavy atom. The number of thioether (sulfide) groups is 1. The second-order valence-corrected chi connectivity index (χ2v) is 2.13. The van der Waals surface area contributed by atoms with Gasteiger partial charge in [-0.2, -0.15) is 11.8 Å². The van der Waals surface area contributed by atoms with Crippen LogP contribution in [0.2, 0.25) is 0 Å². The van der Waals surface area contributed by atoms with Gasteiger partial charge in [0.05, 0.1) is 5.34 Å². The molecule has 0 amide bonds. The van der Waals surface area contributed by atoms with Crippen LogP contribution in [0.25, 0.3) is 0 Å². The minimum atomic E-state index is 0. The lowest BCUT2D eigenvalue weighted by Gasteiger charge is -1.51. The second kappa shape index (κ2) is 28.0. The molecule has 0 aromatic heterocycles. The molecule has 0 aliphatic rings. The molecule has 43 valence electrons. The van der Waals surface area contributed by atoms with E-state index in [4.69, 9.17) is 23.2 Å². The first-order valence-electron chi connectivity index (χ1n) is 1.35. The highest BCUT2D eigenvalue weighted by Gasteiger charge is 1.41. The normalized spacial score (nSPS) is 5.14. The average Bonchev–Trinajstić information content (AvgIpc) is 1.39. The molecule has 0 aromatic carbocycles. The van der Waals surface area contributed by atoms with Crippen molar-refractivity contribution in [1.82, 2.24) is 0 Å². The molecule has 7 heavy (non-hydrogen) atoms. The van der Waals surface area contributed by atoms with Crippen LogP contribution in [-0.2, 0) is 0 Å². The SMILES string of the molecule is CSC.ClCCl.[B]. The Balaban J connectivity index is -0.0000000400. The summed E-state index contributed by atoms with van der Waals surface area (Å²) in [5.74, 6) is 0. The maximum absolute atomic E-state index is 4.76. The van der Waals surface area contributed by atoms with E-state index < -0.39 is 0 Å². The van der Waals surface area contributed by atoms with Crippen molar-refractivity contribution in [3.63, 3.8) is 0 Å². The summed E-state index contributed by atoms with van der Waals surface area (Å²) in [5, 5.41) is 0.194. The zero-order chi connectivity index (χ0) is 5.41. The van der Waals surface area contributed by atoms with Gasteiger partial charge < -0.3 is 0 Å². The van der Waals surface area contributed by atoms with Crippen molar-refractivity contribution in [2.24, 2.45) is 0 Å². The van der Waals surface area contributed by atoms with Crippen LogP contribution in [0.15, 0.2) is 0 Å². The molecule has 3 radical (unpaired) electrons. The number of rotatable bonds is 0. The van der Waals surface area contributed by atoms with Crippen LogP contribution >= 0.6 is 35.0 Å². The van der Waals surface area contributed by atoms with Crippen LogP contribution < -0.4 is 0 Å². The smallest absolute Gasteiger partial charge is 0.0967 e. The van der Waals surface area contributed by atoms with E-state index in [1.807, 2.05) is 12.5 Å². The molecule has 0 aliphatic heterocycles. The van der Waals surface area contributed by atoms with E-state index in [0.29, 0.717) is 0 Å². The Bertz CT molecular complexity index is 14.9. The molecule has 0 unspecified atom stereocenters. The molecule has 0 aliphatic carbocycles. The molecule has 0 aromatic rings. The first-order chi connectivity index (χ1) is 2.83. The lowest BCUT2D eigenvalue weighted by Crippen LogP contribution is -1.25. The molecule has 0 fully saturated rings. The van der Waals surface area contributed by atoms with Gasteiger partial charge in [-0.3, -0.25) is 0 Å². The zero-order valence-electron chi connectivity index (χ0n) is 4.45. The molecule has 4 heteroatoms. The van der Waals surface area contributed by atoms with E-state index in [1.54, 1.807) is 11.8 Å². The predicted molar refractivity (Wildman–Crippen MR) is 41.8 cm³/mol. The van der Waals surface area contributed by atoms with E-state index >= 15 is 0 Å². The fourth-order valence-electron chi connectivity index (χ4n) is 0. The fraction of sp³-hybridized carbons (Fsp3) is 1.00. The number of hydrogen-bond acceptors (Lipinski definition) is 1. The molecule has 0 bridgehead atoms. The topological polar surface area (TPSA) is 0 Å². The Kier molecular flexibility index (Phi) is 62.8. The second-order valence-electron chi connectivity index (χ2n) is 0.509.